The summed E-state index contributed by atoms with van der Waals surface area (Å²) in [5.41, 5.74) is 3.99. The lowest BCUT2D eigenvalue weighted by molar-refractivity contribution is 0.141. The summed E-state index contributed by atoms with van der Waals surface area (Å²) in [6.45, 7) is 7.99. The van der Waals surface area contributed by atoms with Gasteiger partial charge in [0.15, 0.2) is 0 Å². The van der Waals surface area contributed by atoms with E-state index in [9.17, 15) is 0 Å². The van der Waals surface area contributed by atoms with Gasteiger partial charge in [0.25, 0.3) is 0 Å². The Morgan fingerprint density at radius 3 is 2.79 bits per heavy atom. The number of hydrogen-bond donors (Lipinski definition) is 1. The van der Waals surface area contributed by atoms with Gasteiger partial charge in [-0.1, -0.05) is 6.42 Å². The maximum Gasteiger partial charge on any atom is 0.0794 e. The maximum atomic E-state index is 4.54. The van der Waals surface area contributed by atoms with Crippen molar-refractivity contribution in [2.75, 3.05) is 6.54 Å². The van der Waals surface area contributed by atoms with Crippen LogP contribution in [0.2, 0.25) is 0 Å². The van der Waals surface area contributed by atoms with E-state index in [1.54, 1.807) is 11.3 Å². The van der Waals surface area contributed by atoms with Crippen LogP contribution in [0.3, 0.4) is 0 Å². The van der Waals surface area contributed by atoms with Crippen LogP contribution in [-0.4, -0.2) is 17.1 Å². The minimum atomic E-state index is 0.219. The minimum absolute atomic E-state index is 0.219. The SMILES string of the molecule is CC(C)(C)NCC1(Cc2cscn2)CC2CCC1C2. The van der Waals surface area contributed by atoms with Crippen molar-refractivity contribution in [3.05, 3.63) is 16.6 Å². The highest BCUT2D eigenvalue weighted by molar-refractivity contribution is 7.07. The van der Waals surface area contributed by atoms with Crippen LogP contribution in [0.1, 0.15) is 52.1 Å². The number of nitrogens with one attached hydrogen (secondary N) is 1. The lowest BCUT2D eigenvalue weighted by Crippen LogP contribution is -2.47. The molecule has 106 valence electrons. The Morgan fingerprint density at radius 1 is 1.42 bits per heavy atom. The largest absolute Gasteiger partial charge is 0.311 e. The van der Waals surface area contributed by atoms with E-state index in [1.165, 1.54) is 37.8 Å². The summed E-state index contributed by atoms with van der Waals surface area (Å²) in [6, 6.07) is 0. The number of hydrogen-bond acceptors (Lipinski definition) is 3. The second kappa shape index (κ2) is 4.85. The molecule has 0 aromatic carbocycles. The summed E-state index contributed by atoms with van der Waals surface area (Å²) < 4.78 is 0. The highest BCUT2D eigenvalue weighted by atomic mass is 32.1. The third-order valence-electron chi connectivity index (χ3n) is 5.09. The second-order valence-corrected chi connectivity index (χ2v) is 8.42. The number of rotatable bonds is 4. The average Bonchev–Trinajstić information content (AvgIpc) is 3.01. The molecule has 0 amide bonds. The molecule has 1 heterocycles. The van der Waals surface area contributed by atoms with Crippen LogP contribution >= 0.6 is 11.3 Å². The van der Waals surface area contributed by atoms with Gasteiger partial charge in [-0.25, -0.2) is 4.98 Å². The molecule has 19 heavy (non-hydrogen) atoms. The number of thiazole rings is 1. The minimum Gasteiger partial charge on any atom is -0.311 e. The van der Waals surface area contributed by atoms with Crippen molar-refractivity contribution in [2.24, 2.45) is 17.3 Å². The molecule has 2 fully saturated rings. The van der Waals surface area contributed by atoms with Crippen LogP contribution in [0.15, 0.2) is 10.9 Å². The number of nitrogens with zero attached hydrogens (tertiary/aromatic N) is 1. The molecule has 2 nitrogen and oxygen atoms in total. The number of aromatic nitrogens is 1. The van der Waals surface area contributed by atoms with Crippen LogP contribution in [0.5, 0.6) is 0 Å². The van der Waals surface area contributed by atoms with Gasteiger partial charge >= 0.3 is 0 Å². The lowest BCUT2D eigenvalue weighted by atomic mass is 9.70. The zero-order chi connectivity index (χ0) is 13.5. The standard InChI is InChI=1S/C16H26N2S/c1-15(2,3)18-10-16(8-14-9-19-11-17-14)7-12-4-5-13(16)6-12/h9,11-13,18H,4-8,10H2,1-3H3. The summed E-state index contributed by atoms with van der Waals surface area (Å²) in [4.78, 5) is 4.54. The summed E-state index contributed by atoms with van der Waals surface area (Å²) in [5.74, 6) is 1.92. The van der Waals surface area contributed by atoms with E-state index in [2.05, 4.69) is 36.5 Å². The zero-order valence-electron chi connectivity index (χ0n) is 12.4. The Bertz CT molecular complexity index is 420. The van der Waals surface area contributed by atoms with E-state index >= 15 is 0 Å². The van der Waals surface area contributed by atoms with Crippen LogP contribution in [0.25, 0.3) is 0 Å². The van der Waals surface area contributed by atoms with Gasteiger partial charge in [0.1, 0.15) is 0 Å². The molecule has 0 spiro atoms. The lowest BCUT2D eigenvalue weighted by Gasteiger charge is -2.40. The average molecular weight is 278 g/mol. The summed E-state index contributed by atoms with van der Waals surface area (Å²) in [7, 11) is 0. The van der Waals surface area contributed by atoms with Gasteiger partial charge in [-0.05, 0) is 63.7 Å². The summed E-state index contributed by atoms with van der Waals surface area (Å²) >= 11 is 1.73. The molecule has 3 rings (SSSR count). The van der Waals surface area contributed by atoms with Crippen molar-refractivity contribution in [3.63, 3.8) is 0 Å². The van der Waals surface area contributed by atoms with Crippen LogP contribution in [0, 0.1) is 17.3 Å². The molecule has 3 atom stereocenters. The second-order valence-electron chi connectivity index (χ2n) is 7.70. The Morgan fingerprint density at radius 2 is 2.26 bits per heavy atom. The summed E-state index contributed by atoms with van der Waals surface area (Å²) in [5, 5.41) is 6.02. The fraction of sp³-hybridized carbons (Fsp3) is 0.812. The third-order valence-corrected chi connectivity index (χ3v) is 5.73. The molecule has 2 saturated carbocycles. The molecular weight excluding hydrogens is 252 g/mol. The Hall–Kier alpha value is -0.410. The first-order chi connectivity index (χ1) is 8.97. The van der Waals surface area contributed by atoms with Gasteiger partial charge in [0.2, 0.25) is 0 Å². The first-order valence-electron chi connectivity index (χ1n) is 7.59. The highest BCUT2D eigenvalue weighted by Gasteiger charge is 2.50. The molecular formula is C16H26N2S. The fourth-order valence-electron chi connectivity index (χ4n) is 4.18. The zero-order valence-corrected chi connectivity index (χ0v) is 13.2. The summed E-state index contributed by atoms with van der Waals surface area (Å²) in [6.07, 6.45) is 6.98. The van der Waals surface area contributed by atoms with E-state index in [0.29, 0.717) is 5.41 Å². The first kappa shape index (κ1) is 13.6. The van der Waals surface area contributed by atoms with E-state index < -0.39 is 0 Å². The molecule has 2 aliphatic carbocycles. The van der Waals surface area contributed by atoms with Crippen LogP contribution in [-0.2, 0) is 6.42 Å². The van der Waals surface area contributed by atoms with Crippen molar-refractivity contribution in [1.29, 1.82) is 0 Å². The van der Waals surface area contributed by atoms with E-state index in [-0.39, 0.29) is 5.54 Å². The van der Waals surface area contributed by atoms with Crippen molar-refractivity contribution < 1.29 is 0 Å². The van der Waals surface area contributed by atoms with Gasteiger partial charge in [0.05, 0.1) is 11.2 Å². The predicted molar refractivity (Wildman–Crippen MR) is 81.5 cm³/mol. The molecule has 2 bridgehead atoms. The highest BCUT2D eigenvalue weighted by Crippen LogP contribution is 2.57. The maximum absolute atomic E-state index is 4.54. The molecule has 3 unspecified atom stereocenters. The third kappa shape index (κ3) is 2.87. The van der Waals surface area contributed by atoms with Crippen molar-refractivity contribution >= 4 is 11.3 Å². The van der Waals surface area contributed by atoms with Gasteiger partial charge in [0, 0.05) is 17.5 Å². The predicted octanol–water partition coefficient (Wildman–Crippen LogP) is 3.88. The molecule has 3 heteroatoms. The number of fused-ring (bicyclic) bond motifs is 2. The molecule has 1 N–H and O–H groups in total. The first-order valence-corrected chi connectivity index (χ1v) is 8.53. The topological polar surface area (TPSA) is 24.9 Å². The van der Waals surface area contributed by atoms with Gasteiger partial charge in [-0.2, -0.15) is 0 Å². The van der Waals surface area contributed by atoms with E-state index in [0.717, 1.165) is 18.4 Å². The normalized spacial score (nSPS) is 34.1. The Balaban J connectivity index is 1.76. The van der Waals surface area contributed by atoms with Gasteiger partial charge < -0.3 is 5.32 Å². The van der Waals surface area contributed by atoms with Crippen molar-refractivity contribution in [3.8, 4) is 0 Å². The van der Waals surface area contributed by atoms with Crippen LogP contribution in [0.4, 0.5) is 0 Å². The monoisotopic (exact) mass is 278 g/mol. The molecule has 0 radical (unpaired) electrons. The quantitative estimate of drug-likeness (QED) is 0.904. The Kier molecular flexibility index (Phi) is 3.46. The Labute approximate surface area is 121 Å². The van der Waals surface area contributed by atoms with Crippen LogP contribution < -0.4 is 5.32 Å². The van der Waals surface area contributed by atoms with E-state index in [4.69, 9.17) is 0 Å². The van der Waals surface area contributed by atoms with Gasteiger partial charge in [-0.3, -0.25) is 0 Å². The molecule has 1 aromatic rings. The van der Waals surface area contributed by atoms with Crippen molar-refractivity contribution in [2.45, 2.75) is 58.4 Å². The smallest absolute Gasteiger partial charge is 0.0794 e. The van der Waals surface area contributed by atoms with Crippen molar-refractivity contribution in [1.82, 2.24) is 10.3 Å². The molecule has 0 saturated heterocycles. The molecule has 0 aliphatic heterocycles. The van der Waals surface area contributed by atoms with E-state index in [1.807, 2.05) is 5.51 Å². The molecule has 1 aromatic heterocycles. The van der Waals surface area contributed by atoms with Gasteiger partial charge in [-0.15, -0.1) is 11.3 Å². The fourth-order valence-corrected chi connectivity index (χ4v) is 4.74. The molecule has 2 aliphatic rings.